The Labute approximate surface area is 149 Å². The smallest absolute Gasteiger partial charge is 0.433 e. The van der Waals surface area contributed by atoms with Crippen molar-refractivity contribution in [3.63, 3.8) is 0 Å². The second kappa shape index (κ2) is 8.22. The van der Waals surface area contributed by atoms with E-state index in [1.165, 1.54) is 30.3 Å². The number of amides is 1. The summed E-state index contributed by atoms with van der Waals surface area (Å²) < 4.78 is 68.4. The zero-order valence-corrected chi connectivity index (χ0v) is 13.6. The van der Waals surface area contributed by atoms with Gasteiger partial charge >= 0.3 is 13.0 Å². The van der Waals surface area contributed by atoms with Crippen molar-refractivity contribution in [3.05, 3.63) is 53.1 Å². The summed E-state index contributed by atoms with van der Waals surface area (Å²) in [5.74, 6) is -1.11. The van der Waals surface area contributed by atoms with Gasteiger partial charge in [-0.2, -0.15) is 8.78 Å². The lowest BCUT2D eigenvalue weighted by Gasteiger charge is -2.10. The molecular weight excluding hydrogens is 385 g/mol. The fourth-order valence-electron chi connectivity index (χ4n) is 1.97. The van der Waals surface area contributed by atoms with Crippen molar-refractivity contribution in [2.24, 2.45) is 0 Å². The first-order valence-electron chi connectivity index (χ1n) is 7.01. The summed E-state index contributed by atoms with van der Waals surface area (Å²) in [6, 6.07) is 8.53. The molecule has 0 aliphatic carbocycles. The summed E-state index contributed by atoms with van der Waals surface area (Å²) in [5.41, 5.74) is 0.694. The highest BCUT2D eigenvalue weighted by Gasteiger charge is 2.30. The molecule has 26 heavy (non-hydrogen) atoms. The van der Waals surface area contributed by atoms with Gasteiger partial charge in [-0.15, -0.1) is 13.2 Å². The number of carbonyl (C=O) groups is 1. The quantitative estimate of drug-likeness (QED) is 0.698. The average Bonchev–Trinajstić information content (AvgIpc) is 2.50. The molecule has 2 rings (SSSR count). The molecule has 0 radical (unpaired) electrons. The number of nitrogens with one attached hydrogen (secondary N) is 1. The fraction of sp³-hybridized carbons (Fsp3) is 0.188. The lowest BCUT2D eigenvalue weighted by molar-refractivity contribution is -0.274. The van der Waals surface area contributed by atoms with E-state index in [0.29, 0.717) is 5.56 Å². The van der Waals surface area contributed by atoms with Gasteiger partial charge in [-0.3, -0.25) is 4.79 Å². The Bertz CT molecular complexity index is 765. The summed E-state index contributed by atoms with van der Waals surface area (Å²) in [4.78, 5) is 12.0. The highest BCUT2D eigenvalue weighted by atomic mass is 35.5. The zero-order chi connectivity index (χ0) is 19.3. The Kier molecular flexibility index (Phi) is 6.25. The molecule has 2 aromatic rings. The van der Waals surface area contributed by atoms with Gasteiger partial charge in [-0.1, -0.05) is 23.7 Å². The highest BCUT2D eigenvalue weighted by molar-refractivity contribution is 6.32. The van der Waals surface area contributed by atoms with Crippen LogP contribution in [0.15, 0.2) is 42.5 Å². The number of hydrogen-bond donors (Lipinski definition) is 1. The van der Waals surface area contributed by atoms with Crippen molar-refractivity contribution in [2.75, 3.05) is 5.32 Å². The Morgan fingerprint density at radius 2 is 1.77 bits per heavy atom. The number of ether oxygens (including phenoxy) is 2. The van der Waals surface area contributed by atoms with Gasteiger partial charge in [0.2, 0.25) is 5.91 Å². The van der Waals surface area contributed by atoms with E-state index >= 15 is 0 Å². The van der Waals surface area contributed by atoms with Crippen LogP contribution in [-0.2, 0) is 11.2 Å². The summed E-state index contributed by atoms with van der Waals surface area (Å²) in [6.45, 7) is -3.03. The molecule has 0 unspecified atom stereocenters. The molecule has 1 amide bonds. The van der Waals surface area contributed by atoms with Crippen LogP contribution in [0.1, 0.15) is 5.56 Å². The fourth-order valence-corrected chi connectivity index (χ4v) is 2.19. The Hall–Kier alpha value is -2.55. The van der Waals surface area contributed by atoms with E-state index in [9.17, 15) is 26.7 Å². The second-order valence-electron chi connectivity index (χ2n) is 4.94. The van der Waals surface area contributed by atoms with Crippen LogP contribution in [0.25, 0.3) is 0 Å². The Morgan fingerprint density at radius 1 is 1.12 bits per heavy atom. The molecule has 2 aromatic carbocycles. The monoisotopic (exact) mass is 395 g/mol. The molecule has 0 saturated heterocycles. The third kappa shape index (κ3) is 6.40. The summed E-state index contributed by atoms with van der Waals surface area (Å²) >= 11 is 5.77. The minimum absolute atomic E-state index is 0.114. The molecule has 0 aromatic heterocycles. The van der Waals surface area contributed by atoms with Gasteiger partial charge in [0.1, 0.15) is 11.5 Å². The topological polar surface area (TPSA) is 47.6 Å². The standard InChI is InChI=1S/C16H11ClF5NO3/c17-12-8-10(3-6-13(12)25-15(18)19)23-14(24)7-9-1-4-11(5-2-9)26-16(20,21)22/h1-6,8,15H,7H2,(H,23,24). The largest absolute Gasteiger partial charge is 0.573 e. The van der Waals surface area contributed by atoms with Crippen molar-refractivity contribution in [3.8, 4) is 11.5 Å². The van der Waals surface area contributed by atoms with E-state index in [1.807, 2.05) is 0 Å². The molecule has 0 heterocycles. The van der Waals surface area contributed by atoms with E-state index in [4.69, 9.17) is 11.6 Å². The van der Waals surface area contributed by atoms with E-state index in [2.05, 4.69) is 14.8 Å². The minimum Gasteiger partial charge on any atom is -0.433 e. The van der Waals surface area contributed by atoms with Gasteiger partial charge in [0.05, 0.1) is 11.4 Å². The molecule has 0 aliphatic heterocycles. The van der Waals surface area contributed by atoms with Crippen LogP contribution in [0.4, 0.5) is 27.6 Å². The van der Waals surface area contributed by atoms with Crippen molar-refractivity contribution < 1.29 is 36.2 Å². The molecule has 1 N–H and O–H groups in total. The number of alkyl halides is 5. The number of rotatable bonds is 6. The van der Waals surface area contributed by atoms with Gasteiger partial charge in [0.15, 0.2) is 0 Å². The van der Waals surface area contributed by atoms with Crippen LogP contribution < -0.4 is 14.8 Å². The highest BCUT2D eigenvalue weighted by Crippen LogP contribution is 2.29. The lowest BCUT2D eigenvalue weighted by Crippen LogP contribution is -2.17. The number of anilines is 1. The van der Waals surface area contributed by atoms with E-state index in [1.54, 1.807) is 0 Å². The van der Waals surface area contributed by atoms with Gasteiger partial charge in [0, 0.05) is 5.69 Å². The first-order valence-corrected chi connectivity index (χ1v) is 7.39. The summed E-state index contributed by atoms with van der Waals surface area (Å²) in [6.07, 6.45) is -4.92. The first-order chi connectivity index (χ1) is 12.1. The van der Waals surface area contributed by atoms with E-state index in [0.717, 1.165) is 12.1 Å². The van der Waals surface area contributed by atoms with Crippen LogP contribution in [0.5, 0.6) is 11.5 Å². The molecule has 0 saturated carbocycles. The van der Waals surface area contributed by atoms with Crippen molar-refractivity contribution in [1.82, 2.24) is 0 Å². The molecule has 0 fully saturated rings. The lowest BCUT2D eigenvalue weighted by atomic mass is 10.1. The predicted octanol–water partition coefficient (Wildman–Crippen LogP) is 5.02. The van der Waals surface area contributed by atoms with Gasteiger partial charge in [0.25, 0.3) is 0 Å². The van der Waals surface area contributed by atoms with Crippen LogP contribution in [0.3, 0.4) is 0 Å². The number of hydrogen-bond acceptors (Lipinski definition) is 3. The maximum absolute atomic E-state index is 12.2. The van der Waals surface area contributed by atoms with Crippen molar-refractivity contribution >= 4 is 23.2 Å². The third-order valence-electron chi connectivity index (χ3n) is 2.95. The normalized spacial score (nSPS) is 11.3. The van der Waals surface area contributed by atoms with Crippen LogP contribution in [0, 0.1) is 0 Å². The maximum Gasteiger partial charge on any atom is 0.573 e. The van der Waals surface area contributed by atoms with Crippen LogP contribution >= 0.6 is 11.6 Å². The van der Waals surface area contributed by atoms with Crippen molar-refractivity contribution in [1.29, 1.82) is 0 Å². The summed E-state index contributed by atoms with van der Waals surface area (Å²) in [7, 11) is 0. The van der Waals surface area contributed by atoms with Gasteiger partial charge in [-0.05, 0) is 35.9 Å². The number of halogens is 6. The van der Waals surface area contributed by atoms with E-state index < -0.39 is 24.6 Å². The van der Waals surface area contributed by atoms with Crippen molar-refractivity contribution in [2.45, 2.75) is 19.4 Å². The predicted molar refractivity (Wildman–Crippen MR) is 83.5 cm³/mol. The van der Waals surface area contributed by atoms with Gasteiger partial charge in [-0.25, -0.2) is 0 Å². The molecular formula is C16H11ClF5NO3. The summed E-state index contributed by atoms with van der Waals surface area (Å²) in [5, 5.41) is 2.37. The first kappa shape index (κ1) is 19.8. The molecule has 4 nitrogen and oxygen atoms in total. The third-order valence-corrected chi connectivity index (χ3v) is 3.25. The molecule has 0 atom stereocenters. The van der Waals surface area contributed by atoms with Gasteiger partial charge < -0.3 is 14.8 Å². The zero-order valence-electron chi connectivity index (χ0n) is 12.8. The molecule has 10 heteroatoms. The second-order valence-corrected chi connectivity index (χ2v) is 5.35. The average molecular weight is 396 g/mol. The van der Waals surface area contributed by atoms with Crippen LogP contribution in [-0.4, -0.2) is 18.9 Å². The molecule has 140 valence electrons. The Balaban J connectivity index is 1.95. The van der Waals surface area contributed by atoms with Crippen LogP contribution in [0.2, 0.25) is 5.02 Å². The van der Waals surface area contributed by atoms with E-state index in [-0.39, 0.29) is 22.9 Å². The molecule has 0 spiro atoms. The minimum atomic E-state index is -4.79. The Morgan fingerprint density at radius 3 is 2.31 bits per heavy atom. The molecule has 0 aliphatic rings. The number of benzene rings is 2. The maximum atomic E-state index is 12.2. The SMILES string of the molecule is O=C(Cc1ccc(OC(F)(F)F)cc1)Nc1ccc(OC(F)F)c(Cl)c1. The molecule has 0 bridgehead atoms. The number of carbonyl (C=O) groups excluding carboxylic acids is 1.